The lowest BCUT2D eigenvalue weighted by Crippen LogP contribution is -2.61. The number of ether oxygens (including phenoxy) is 5. The number of esters is 2. The number of ketones is 1. The van der Waals surface area contributed by atoms with Crippen LogP contribution in [0.4, 0.5) is 0 Å². The second-order valence-electron chi connectivity index (χ2n) is 10.3. The first-order valence-electron chi connectivity index (χ1n) is 13.8. The molecule has 3 heterocycles. The fraction of sp³-hybridized carbons (Fsp3) is 0.419. The molecule has 3 aliphatic heterocycles. The minimum Gasteiger partial charge on any atom is -0.491 e. The number of likely N-dealkylation sites (tertiary alicyclic amines) is 1. The van der Waals surface area contributed by atoms with Gasteiger partial charge in [0.25, 0.3) is 0 Å². The molecule has 1 amide bonds. The maximum atomic E-state index is 14.3. The Hall–Kier alpha value is -4.38. The molecule has 2 saturated heterocycles. The molecule has 2 aromatic carbocycles. The number of rotatable bonds is 3. The summed E-state index contributed by atoms with van der Waals surface area (Å²) in [7, 11) is 2.44. The van der Waals surface area contributed by atoms with Gasteiger partial charge in [0.1, 0.15) is 36.2 Å². The van der Waals surface area contributed by atoms with E-state index in [1.54, 1.807) is 21.9 Å². The summed E-state index contributed by atoms with van der Waals surface area (Å²) in [5, 5.41) is 0. The van der Waals surface area contributed by atoms with Crippen molar-refractivity contribution >= 4 is 23.6 Å². The Labute approximate surface area is 243 Å². The Morgan fingerprint density at radius 1 is 0.810 bits per heavy atom. The Balaban J connectivity index is 1.84. The highest BCUT2D eigenvalue weighted by Gasteiger charge is 2.56. The summed E-state index contributed by atoms with van der Waals surface area (Å²) >= 11 is 0. The van der Waals surface area contributed by atoms with Gasteiger partial charge in [0.2, 0.25) is 5.91 Å². The van der Waals surface area contributed by atoms with E-state index in [1.807, 2.05) is 36.4 Å². The lowest BCUT2D eigenvalue weighted by Gasteiger charge is -2.55. The van der Waals surface area contributed by atoms with Crippen molar-refractivity contribution in [1.82, 2.24) is 9.80 Å². The van der Waals surface area contributed by atoms with Crippen molar-refractivity contribution in [1.29, 1.82) is 0 Å². The van der Waals surface area contributed by atoms with Gasteiger partial charge in [-0.1, -0.05) is 36.4 Å². The highest BCUT2D eigenvalue weighted by atomic mass is 16.5. The van der Waals surface area contributed by atoms with E-state index in [0.29, 0.717) is 35.8 Å². The van der Waals surface area contributed by atoms with E-state index in [2.05, 4.69) is 0 Å². The number of piperidine rings is 2. The number of fused-ring (bicyclic) bond motifs is 10. The molecule has 2 aromatic rings. The van der Waals surface area contributed by atoms with Crippen LogP contribution in [0.3, 0.4) is 0 Å². The predicted molar refractivity (Wildman–Crippen MR) is 148 cm³/mol. The molecular weight excluding hydrogens is 544 g/mol. The minimum absolute atomic E-state index is 0.0546. The van der Waals surface area contributed by atoms with Crippen molar-refractivity contribution in [2.75, 3.05) is 53.7 Å². The van der Waals surface area contributed by atoms with Gasteiger partial charge >= 0.3 is 11.9 Å². The molecule has 0 radical (unpaired) electrons. The Morgan fingerprint density at radius 2 is 1.33 bits per heavy atom. The lowest BCUT2D eigenvalue weighted by atomic mass is 9.69. The average Bonchev–Trinajstić information content (AvgIpc) is 2.99. The summed E-state index contributed by atoms with van der Waals surface area (Å²) < 4.78 is 28.1. The minimum atomic E-state index is -0.830. The van der Waals surface area contributed by atoms with Crippen molar-refractivity contribution in [2.45, 2.75) is 19.0 Å². The third-order valence-corrected chi connectivity index (χ3v) is 7.95. The molecule has 11 nitrogen and oxygen atoms in total. The van der Waals surface area contributed by atoms with Gasteiger partial charge in [-0.15, -0.1) is 0 Å². The van der Waals surface area contributed by atoms with Crippen LogP contribution in [0, 0.1) is 11.8 Å². The van der Waals surface area contributed by atoms with Crippen LogP contribution in [0.15, 0.2) is 60.3 Å². The third-order valence-electron chi connectivity index (χ3n) is 7.95. The molecule has 0 aromatic heterocycles. The molecule has 4 bridgehead atoms. The molecule has 3 aliphatic rings. The first-order valence-corrected chi connectivity index (χ1v) is 13.8. The van der Waals surface area contributed by atoms with Crippen LogP contribution >= 0.6 is 0 Å². The van der Waals surface area contributed by atoms with E-state index in [1.165, 1.54) is 21.1 Å². The summed E-state index contributed by atoms with van der Waals surface area (Å²) in [4.78, 5) is 56.7. The molecule has 0 N–H and O–H groups in total. The van der Waals surface area contributed by atoms with E-state index < -0.39 is 35.9 Å². The van der Waals surface area contributed by atoms with Gasteiger partial charge in [-0.25, -0.2) is 9.59 Å². The molecule has 222 valence electrons. The van der Waals surface area contributed by atoms with Gasteiger partial charge in [-0.3, -0.25) is 9.59 Å². The second kappa shape index (κ2) is 12.6. The van der Waals surface area contributed by atoms with Crippen LogP contribution in [0.25, 0.3) is 0 Å². The summed E-state index contributed by atoms with van der Waals surface area (Å²) in [6.45, 7) is 2.79. The van der Waals surface area contributed by atoms with E-state index in [-0.39, 0.29) is 43.7 Å². The molecule has 11 heteroatoms. The first kappa shape index (κ1) is 29.1. The summed E-state index contributed by atoms with van der Waals surface area (Å²) in [6.07, 6.45) is 1.09. The van der Waals surface area contributed by atoms with Crippen LogP contribution in [-0.4, -0.2) is 87.2 Å². The fourth-order valence-electron chi connectivity index (χ4n) is 6.12. The largest absolute Gasteiger partial charge is 0.491 e. The molecule has 0 aliphatic carbocycles. The zero-order valence-electron chi connectivity index (χ0n) is 23.8. The van der Waals surface area contributed by atoms with E-state index >= 15 is 0 Å². The van der Waals surface area contributed by atoms with Gasteiger partial charge in [0, 0.05) is 31.1 Å². The van der Waals surface area contributed by atoms with Crippen LogP contribution in [-0.2, 0) is 33.4 Å². The molecular formula is C31H34N2O9. The first-order chi connectivity index (χ1) is 20.3. The van der Waals surface area contributed by atoms with Crippen LogP contribution < -0.4 is 9.47 Å². The van der Waals surface area contributed by atoms with E-state index in [4.69, 9.17) is 23.7 Å². The molecule has 4 atom stereocenters. The van der Waals surface area contributed by atoms with Gasteiger partial charge in [-0.05, 0) is 12.1 Å². The smallest absolute Gasteiger partial charge is 0.354 e. The highest BCUT2D eigenvalue weighted by Crippen LogP contribution is 2.53. The number of hydrogen-bond donors (Lipinski definition) is 0. The van der Waals surface area contributed by atoms with Crippen LogP contribution in [0.1, 0.15) is 30.1 Å². The molecule has 2 fully saturated rings. The number of carbonyl (C=O) groups is 4. The quantitative estimate of drug-likeness (QED) is 0.397. The monoisotopic (exact) mass is 578 g/mol. The van der Waals surface area contributed by atoms with Crippen LogP contribution in [0.5, 0.6) is 11.5 Å². The molecule has 0 saturated carbocycles. The predicted octanol–water partition coefficient (Wildman–Crippen LogP) is 2.47. The van der Waals surface area contributed by atoms with Crippen molar-refractivity contribution < 1.29 is 42.9 Å². The van der Waals surface area contributed by atoms with Gasteiger partial charge in [0.05, 0.1) is 57.4 Å². The molecule has 42 heavy (non-hydrogen) atoms. The number of hydrogen-bond acceptors (Lipinski definition) is 10. The summed E-state index contributed by atoms with van der Waals surface area (Å²) in [5.41, 5.74) is 1.14. The number of Topliss-reactive ketones (excluding diaryl/α,β-unsaturated/α-hetero) is 1. The average molecular weight is 579 g/mol. The summed E-state index contributed by atoms with van der Waals surface area (Å²) in [5.74, 6) is -2.29. The third kappa shape index (κ3) is 5.56. The Morgan fingerprint density at radius 3 is 1.81 bits per heavy atom. The van der Waals surface area contributed by atoms with Gasteiger partial charge in [0.15, 0.2) is 0 Å². The maximum Gasteiger partial charge on any atom is 0.354 e. The Bertz CT molecular complexity index is 1320. The van der Waals surface area contributed by atoms with Crippen molar-refractivity contribution in [2.24, 2.45) is 11.8 Å². The van der Waals surface area contributed by atoms with Crippen molar-refractivity contribution in [3.05, 3.63) is 71.4 Å². The van der Waals surface area contributed by atoms with Crippen molar-refractivity contribution in [3.8, 4) is 11.5 Å². The number of methoxy groups -OCH3 is 2. The summed E-state index contributed by atoms with van der Waals surface area (Å²) in [6, 6.07) is 12.8. The SMILES string of the molecule is COC(=O)C=C(C(=O)OC)N1C2c3ccccc3OCCOCCOc3ccccc3C1C1CN(C(C)=O)CC2C1=O. The van der Waals surface area contributed by atoms with E-state index in [9.17, 15) is 19.2 Å². The zero-order chi connectivity index (χ0) is 29.8. The lowest BCUT2D eigenvalue weighted by molar-refractivity contribution is -0.156. The maximum absolute atomic E-state index is 14.3. The number of benzene rings is 2. The van der Waals surface area contributed by atoms with Gasteiger partial charge < -0.3 is 33.5 Å². The van der Waals surface area contributed by atoms with Crippen molar-refractivity contribution in [3.63, 3.8) is 0 Å². The number of nitrogens with zero attached hydrogens (tertiary/aromatic N) is 2. The standard InChI is InChI=1S/C31H34N2O9/c1-19(34)32-17-22-28-20-8-4-6-10-25(20)41-14-12-40-13-15-42-26-11-7-5-9-21(26)29(23(18-32)30(22)36)33(28)24(31(37)39-3)16-27(35)38-2/h4-11,16,22-23,28-29H,12-15,17-18H2,1-3H3. The zero-order valence-corrected chi connectivity index (χ0v) is 23.8. The topological polar surface area (TPSA) is 121 Å². The van der Waals surface area contributed by atoms with Crippen LogP contribution in [0.2, 0.25) is 0 Å². The molecule has 0 spiro atoms. The number of amides is 1. The van der Waals surface area contributed by atoms with Gasteiger partial charge in [-0.2, -0.15) is 0 Å². The second-order valence-corrected chi connectivity index (χ2v) is 10.3. The molecule has 5 rings (SSSR count). The fourth-order valence-corrected chi connectivity index (χ4v) is 6.12. The number of carbonyl (C=O) groups excluding carboxylic acids is 4. The molecule has 4 unspecified atom stereocenters. The number of para-hydroxylation sites is 2. The van der Waals surface area contributed by atoms with E-state index in [0.717, 1.165) is 6.08 Å². The normalized spacial score (nSPS) is 24.2. The highest BCUT2D eigenvalue weighted by molar-refractivity contribution is 5.97. The Kier molecular flexibility index (Phi) is 8.77.